The van der Waals surface area contributed by atoms with E-state index in [2.05, 4.69) is 4.98 Å². The molecular formula is C23H35N3O4. The second kappa shape index (κ2) is 8.44. The molecule has 3 rings (SSSR count). The van der Waals surface area contributed by atoms with Crippen LogP contribution in [0.2, 0.25) is 0 Å². The Hall–Kier alpha value is -2.31. The number of aromatic nitrogens is 1. The van der Waals surface area contributed by atoms with Gasteiger partial charge in [0.25, 0.3) is 0 Å². The minimum Gasteiger partial charge on any atom is -0.444 e. The van der Waals surface area contributed by atoms with Crippen LogP contribution in [0.25, 0.3) is 0 Å². The summed E-state index contributed by atoms with van der Waals surface area (Å²) in [6.07, 6.45) is 5.95. The smallest absolute Gasteiger partial charge is 0.416 e. The summed E-state index contributed by atoms with van der Waals surface area (Å²) in [4.78, 5) is 33.4. The molecular weight excluding hydrogens is 382 g/mol. The summed E-state index contributed by atoms with van der Waals surface area (Å²) in [5.74, 6) is 0.597. The first-order valence-corrected chi connectivity index (χ1v) is 10.9. The molecule has 166 valence electrons. The highest BCUT2D eigenvalue weighted by Crippen LogP contribution is 2.35. The molecule has 1 aliphatic heterocycles. The third kappa shape index (κ3) is 5.43. The van der Waals surface area contributed by atoms with Gasteiger partial charge in [-0.15, -0.1) is 0 Å². The van der Waals surface area contributed by atoms with Crippen molar-refractivity contribution >= 4 is 18.0 Å². The van der Waals surface area contributed by atoms with Crippen molar-refractivity contribution in [2.75, 3.05) is 11.4 Å². The molecule has 0 N–H and O–H groups in total. The maximum absolute atomic E-state index is 12.8. The summed E-state index contributed by atoms with van der Waals surface area (Å²) >= 11 is 0. The van der Waals surface area contributed by atoms with E-state index in [1.54, 1.807) is 16.0 Å². The van der Waals surface area contributed by atoms with Crippen molar-refractivity contribution in [3.63, 3.8) is 0 Å². The van der Waals surface area contributed by atoms with E-state index in [0.717, 1.165) is 37.7 Å². The lowest BCUT2D eigenvalue weighted by molar-refractivity contribution is 0.0224. The summed E-state index contributed by atoms with van der Waals surface area (Å²) in [5.41, 5.74) is -0.125. The highest BCUT2D eigenvalue weighted by atomic mass is 16.6. The normalized spacial score (nSPS) is 19.9. The molecule has 7 heteroatoms. The predicted octanol–water partition coefficient (Wildman–Crippen LogP) is 5.45. The van der Waals surface area contributed by atoms with Gasteiger partial charge >= 0.3 is 12.2 Å². The standard InChI is InChI=1S/C23H35N3O4/c1-22(2,3)29-20(27)25-14-8-11-18(25)16-12-13-19(24-15-16)26(17-9-7-10-17)21(28)30-23(4,5)6/h12-13,15,17-18H,7-11,14H2,1-6H3/t18-/m0/s1. The van der Waals surface area contributed by atoms with E-state index in [1.165, 1.54) is 0 Å². The van der Waals surface area contributed by atoms with Gasteiger partial charge in [0.05, 0.1) is 6.04 Å². The third-order valence-electron chi connectivity index (χ3n) is 5.31. The topological polar surface area (TPSA) is 72.0 Å². The fourth-order valence-corrected chi connectivity index (χ4v) is 3.78. The van der Waals surface area contributed by atoms with Crippen LogP contribution in [-0.2, 0) is 9.47 Å². The molecule has 1 atom stereocenters. The number of rotatable bonds is 3. The Labute approximate surface area is 179 Å². The largest absolute Gasteiger partial charge is 0.444 e. The fourth-order valence-electron chi connectivity index (χ4n) is 3.78. The van der Waals surface area contributed by atoms with Crippen LogP contribution in [0.5, 0.6) is 0 Å². The average molecular weight is 418 g/mol. The third-order valence-corrected chi connectivity index (χ3v) is 5.31. The lowest BCUT2D eigenvalue weighted by Gasteiger charge is -2.37. The molecule has 0 bridgehead atoms. The van der Waals surface area contributed by atoms with Crippen LogP contribution in [0.1, 0.15) is 85.3 Å². The van der Waals surface area contributed by atoms with Crippen molar-refractivity contribution in [1.29, 1.82) is 0 Å². The second-order valence-corrected chi connectivity index (χ2v) is 10.2. The number of nitrogens with zero attached hydrogens (tertiary/aromatic N) is 3. The summed E-state index contributed by atoms with van der Waals surface area (Å²) in [5, 5.41) is 0. The molecule has 2 aliphatic rings. The van der Waals surface area contributed by atoms with Crippen molar-refractivity contribution in [3.05, 3.63) is 23.9 Å². The first-order chi connectivity index (χ1) is 13.9. The number of ether oxygens (including phenoxy) is 2. The Morgan fingerprint density at radius 3 is 2.17 bits per heavy atom. The zero-order valence-corrected chi connectivity index (χ0v) is 19.1. The first-order valence-electron chi connectivity index (χ1n) is 10.9. The number of hydrogen-bond acceptors (Lipinski definition) is 5. The monoisotopic (exact) mass is 417 g/mol. The lowest BCUT2D eigenvalue weighted by atomic mass is 9.91. The molecule has 2 fully saturated rings. The van der Waals surface area contributed by atoms with Crippen molar-refractivity contribution in [2.24, 2.45) is 0 Å². The molecule has 0 aromatic carbocycles. The summed E-state index contributed by atoms with van der Waals surface area (Å²) < 4.78 is 11.2. The maximum atomic E-state index is 12.8. The molecule has 7 nitrogen and oxygen atoms in total. The van der Waals surface area contributed by atoms with Gasteiger partial charge in [0.15, 0.2) is 0 Å². The highest BCUT2D eigenvalue weighted by molar-refractivity contribution is 5.87. The van der Waals surface area contributed by atoms with E-state index < -0.39 is 11.2 Å². The molecule has 0 spiro atoms. The van der Waals surface area contributed by atoms with E-state index in [9.17, 15) is 9.59 Å². The quantitative estimate of drug-likeness (QED) is 0.654. The van der Waals surface area contributed by atoms with Gasteiger partial charge in [-0.25, -0.2) is 14.6 Å². The summed E-state index contributed by atoms with van der Waals surface area (Å²) in [6.45, 7) is 11.9. The van der Waals surface area contributed by atoms with E-state index in [-0.39, 0.29) is 24.3 Å². The first kappa shape index (κ1) is 22.4. The Balaban J connectivity index is 1.77. The van der Waals surface area contributed by atoms with E-state index >= 15 is 0 Å². The van der Waals surface area contributed by atoms with E-state index in [0.29, 0.717) is 12.4 Å². The van der Waals surface area contributed by atoms with Crippen molar-refractivity contribution in [1.82, 2.24) is 9.88 Å². The van der Waals surface area contributed by atoms with Crippen LogP contribution in [0.4, 0.5) is 15.4 Å². The van der Waals surface area contributed by atoms with Crippen molar-refractivity contribution in [2.45, 2.75) is 96.9 Å². The van der Waals surface area contributed by atoms with Gasteiger partial charge in [0.1, 0.15) is 17.0 Å². The van der Waals surface area contributed by atoms with Gasteiger partial charge in [-0.2, -0.15) is 0 Å². The number of likely N-dealkylation sites (tertiary alicyclic amines) is 1. The Morgan fingerprint density at radius 1 is 1.00 bits per heavy atom. The average Bonchev–Trinajstić information content (AvgIpc) is 3.05. The molecule has 1 saturated heterocycles. The number of pyridine rings is 1. The molecule has 0 unspecified atom stereocenters. The summed E-state index contributed by atoms with van der Waals surface area (Å²) in [7, 11) is 0. The van der Waals surface area contributed by atoms with Crippen molar-refractivity contribution < 1.29 is 19.1 Å². The molecule has 1 aromatic heterocycles. The molecule has 2 amide bonds. The van der Waals surface area contributed by atoms with Gasteiger partial charge in [-0.1, -0.05) is 6.07 Å². The second-order valence-electron chi connectivity index (χ2n) is 10.2. The Kier molecular flexibility index (Phi) is 6.29. The number of anilines is 1. The number of carbonyl (C=O) groups excluding carboxylic acids is 2. The van der Waals surface area contributed by atoms with Gasteiger partial charge in [-0.05, 0) is 85.3 Å². The number of carbonyl (C=O) groups is 2. The number of amides is 2. The lowest BCUT2D eigenvalue weighted by Crippen LogP contribution is -2.47. The molecule has 0 radical (unpaired) electrons. The molecule has 2 heterocycles. The van der Waals surface area contributed by atoms with Crippen LogP contribution in [0.15, 0.2) is 18.3 Å². The van der Waals surface area contributed by atoms with Gasteiger partial charge in [-0.3, -0.25) is 4.90 Å². The van der Waals surface area contributed by atoms with Gasteiger partial charge in [0.2, 0.25) is 0 Å². The molecule has 1 saturated carbocycles. The van der Waals surface area contributed by atoms with Crippen LogP contribution in [0, 0.1) is 0 Å². The fraction of sp³-hybridized carbons (Fsp3) is 0.696. The van der Waals surface area contributed by atoms with Gasteiger partial charge < -0.3 is 14.4 Å². The van der Waals surface area contributed by atoms with Crippen LogP contribution < -0.4 is 4.90 Å². The molecule has 30 heavy (non-hydrogen) atoms. The maximum Gasteiger partial charge on any atom is 0.416 e. The number of hydrogen-bond donors (Lipinski definition) is 0. The zero-order valence-electron chi connectivity index (χ0n) is 19.1. The van der Waals surface area contributed by atoms with E-state index in [4.69, 9.17) is 9.47 Å². The SMILES string of the molecule is CC(C)(C)OC(=O)N(c1ccc([C@@H]2CCCN2C(=O)OC(C)(C)C)cn1)C1CCC1. The van der Waals surface area contributed by atoms with Crippen LogP contribution in [-0.4, -0.2) is 45.9 Å². The minimum absolute atomic E-state index is 0.0555. The Morgan fingerprint density at radius 2 is 1.67 bits per heavy atom. The highest BCUT2D eigenvalue weighted by Gasteiger charge is 2.36. The van der Waals surface area contributed by atoms with E-state index in [1.807, 2.05) is 53.7 Å². The van der Waals surface area contributed by atoms with Crippen molar-refractivity contribution in [3.8, 4) is 0 Å². The van der Waals surface area contributed by atoms with Gasteiger partial charge in [0, 0.05) is 18.8 Å². The Bertz CT molecular complexity index is 760. The zero-order chi connectivity index (χ0) is 22.1. The summed E-state index contributed by atoms with van der Waals surface area (Å²) in [6, 6.07) is 3.90. The van der Waals surface area contributed by atoms with Crippen LogP contribution in [0.3, 0.4) is 0 Å². The molecule has 1 aliphatic carbocycles. The minimum atomic E-state index is -0.559. The van der Waals surface area contributed by atoms with Crippen LogP contribution >= 0.6 is 0 Å². The molecule has 1 aromatic rings. The predicted molar refractivity (Wildman–Crippen MR) is 116 cm³/mol.